The summed E-state index contributed by atoms with van der Waals surface area (Å²) in [5, 5.41) is 0.113. The summed E-state index contributed by atoms with van der Waals surface area (Å²) < 4.78 is 27.7. The molecule has 0 spiro atoms. The zero-order chi connectivity index (χ0) is 16.8. The highest BCUT2D eigenvalue weighted by atomic mass is 31.0. The van der Waals surface area contributed by atoms with Gasteiger partial charge in [-0.15, -0.1) is 9.24 Å². The smallest absolute Gasteiger partial charge is 0.152 e. The van der Waals surface area contributed by atoms with E-state index in [1.54, 1.807) is 6.07 Å². The molecular weight excluding hydrogens is 315 g/mol. The number of nitrogen functional groups attached to an aromatic ring is 1. The van der Waals surface area contributed by atoms with Gasteiger partial charge in [-0.25, -0.2) is 13.8 Å². The molecule has 2 atom stereocenters. The SMILES string of the molecule is Cc1cc(-c2cc(F)ccc2F)c(N)c(N2CCC(C)(P)C2)n1. The zero-order valence-corrected chi connectivity index (χ0v) is 14.4. The highest BCUT2D eigenvalue weighted by Gasteiger charge is 2.31. The van der Waals surface area contributed by atoms with Crippen LogP contribution in [-0.2, 0) is 0 Å². The van der Waals surface area contributed by atoms with Crippen molar-refractivity contribution in [2.75, 3.05) is 23.7 Å². The zero-order valence-electron chi connectivity index (χ0n) is 13.2. The summed E-state index contributed by atoms with van der Waals surface area (Å²) in [7, 11) is 2.86. The van der Waals surface area contributed by atoms with Crippen LogP contribution in [0.3, 0.4) is 0 Å². The molecule has 122 valence electrons. The number of aromatic nitrogens is 1. The third kappa shape index (κ3) is 3.16. The number of aryl methyl sites for hydroxylation is 1. The third-order valence-electron chi connectivity index (χ3n) is 4.19. The van der Waals surface area contributed by atoms with Crippen molar-refractivity contribution in [1.82, 2.24) is 4.98 Å². The molecule has 0 amide bonds. The second-order valence-electron chi connectivity index (χ2n) is 6.50. The van der Waals surface area contributed by atoms with Crippen molar-refractivity contribution in [2.24, 2.45) is 0 Å². The van der Waals surface area contributed by atoms with Crippen LogP contribution in [-0.4, -0.2) is 23.2 Å². The first-order valence-corrected chi connectivity index (χ1v) is 8.11. The number of pyridine rings is 1. The largest absolute Gasteiger partial charge is 0.395 e. The minimum atomic E-state index is -0.494. The standard InChI is InChI=1S/C17H20F2N3P/c1-10-7-13(12-8-11(18)3-4-14(12)19)15(20)16(21-10)22-6-5-17(2,23)9-22/h3-4,7-8H,5-6,9,20,23H2,1-2H3. The van der Waals surface area contributed by atoms with Crippen LogP contribution in [0.25, 0.3) is 11.1 Å². The molecule has 1 saturated heterocycles. The molecule has 1 aromatic carbocycles. The lowest BCUT2D eigenvalue weighted by atomic mass is 10.0. The molecule has 1 fully saturated rings. The fraction of sp³-hybridized carbons (Fsp3) is 0.353. The van der Waals surface area contributed by atoms with Gasteiger partial charge in [0.15, 0.2) is 5.82 Å². The van der Waals surface area contributed by atoms with E-state index in [1.165, 1.54) is 6.07 Å². The molecular formula is C17H20F2N3P. The first-order chi connectivity index (χ1) is 10.8. The summed E-state index contributed by atoms with van der Waals surface area (Å²) in [6, 6.07) is 5.10. The van der Waals surface area contributed by atoms with E-state index in [9.17, 15) is 8.78 Å². The number of hydrogen-bond acceptors (Lipinski definition) is 3. The Hall–Kier alpha value is -1.74. The van der Waals surface area contributed by atoms with Gasteiger partial charge in [0.25, 0.3) is 0 Å². The number of benzene rings is 1. The predicted octanol–water partition coefficient (Wildman–Crippen LogP) is 3.76. The number of nitrogens with zero attached hydrogens (tertiary/aromatic N) is 2. The number of hydrogen-bond donors (Lipinski definition) is 1. The minimum absolute atomic E-state index is 0.113. The van der Waals surface area contributed by atoms with E-state index in [0.29, 0.717) is 17.1 Å². The van der Waals surface area contributed by atoms with Crippen molar-refractivity contribution in [2.45, 2.75) is 25.4 Å². The molecule has 6 heteroatoms. The number of anilines is 2. The van der Waals surface area contributed by atoms with Crippen LogP contribution < -0.4 is 10.6 Å². The number of rotatable bonds is 2. The van der Waals surface area contributed by atoms with Gasteiger partial charge in [-0.2, -0.15) is 0 Å². The van der Waals surface area contributed by atoms with E-state index in [2.05, 4.69) is 26.0 Å². The number of nitrogens with two attached hydrogens (primary N) is 1. The Bertz CT molecular complexity index is 762. The average molecular weight is 335 g/mol. The average Bonchev–Trinajstić information content (AvgIpc) is 2.84. The van der Waals surface area contributed by atoms with E-state index < -0.39 is 11.6 Å². The number of halogens is 2. The van der Waals surface area contributed by atoms with Gasteiger partial charge in [0.2, 0.25) is 0 Å². The van der Waals surface area contributed by atoms with Gasteiger partial charge in [0, 0.05) is 35.1 Å². The highest BCUT2D eigenvalue weighted by Crippen LogP contribution is 2.39. The molecule has 23 heavy (non-hydrogen) atoms. The maximum absolute atomic E-state index is 14.1. The van der Waals surface area contributed by atoms with E-state index in [1.807, 2.05) is 6.92 Å². The summed E-state index contributed by atoms with van der Waals surface area (Å²) in [5.41, 5.74) is 8.05. The lowest BCUT2D eigenvalue weighted by Gasteiger charge is -2.23. The van der Waals surface area contributed by atoms with Crippen LogP contribution in [0.4, 0.5) is 20.3 Å². The van der Waals surface area contributed by atoms with E-state index in [-0.39, 0.29) is 10.7 Å². The molecule has 0 saturated carbocycles. The third-order valence-corrected chi connectivity index (χ3v) is 4.66. The maximum Gasteiger partial charge on any atom is 0.152 e. The summed E-state index contributed by atoms with van der Waals surface area (Å²) in [5.74, 6) is -0.336. The topological polar surface area (TPSA) is 42.1 Å². The molecule has 0 aliphatic carbocycles. The van der Waals surface area contributed by atoms with Crippen molar-refractivity contribution >= 4 is 20.7 Å². The van der Waals surface area contributed by atoms with Gasteiger partial charge in [-0.1, -0.05) is 6.92 Å². The summed E-state index contributed by atoms with van der Waals surface area (Å²) in [4.78, 5) is 6.64. The second-order valence-corrected chi connectivity index (χ2v) is 7.89. The molecule has 3 nitrogen and oxygen atoms in total. The molecule has 2 heterocycles. The van der Waals surface area contributed by atoms with Crippen LogP contribution in [0.2, 0.25) is 0 Å². The molecule has 0 radical (unpaired) electrons. The van der Waals surface area contributed by atoms with Gasteiger partial charge >= 0.3 is 0 Å². The Kier molecular flexibility index (Phi) is 4.01. The summed E-state index contributed by atoms with van der Waals surface area (Å²) in [6.07, 6.45) is 1.01. The molecule has 1 aliphatic rings. The fourth-order valence-electron chi connectivity index (χ4n) is 3.00. The molecule has 2 aromatic rings. The highest BCUT2D eigenvalue weighted by molar-refractivity contribution is 7.19. The molecule has 1 aromatic heterocycles. The van der Waals surface area contributed by atoms with E-state index >= 15 is 0 Å². The van der Waals surface area contributed by atoms with Gasteiger partial charge in [0.05, 0.1) is 5.69 Å². The first-order valence-electron chi connectivity index (χ1n) is 7.53. The van der Waals surface area contributed by atoms with Crippen molar-refractivity contribution < 1.29 is 8.78 Å². The van der Waals surface area contributed by atoms with Crippen LogP contribution in [0, 0.1) is 18.6 Å². The lowest BCUT2D eigenvalue weighted by molar-refractivity contribution is 0.603. The monoisotopic (exact) mass is 335 g/mol. The van der Waals surface area contributed by atoms with Crippen LogP contribution in [0.15, 0.2) is 24.3 Å². The Morgan fingerprint density at radius 2 is 2.00 bits per heavy atom. The van der Waals surface area contributed by atoms with Gasteiger partial charge in [-0.05, 0) is 37.6 Å². The molecule has 0 bridgehead atoms. The van der Waals surface area contributed by atoms with Gasteiger partial charge in [-0.3, -0.25) is 0 Å². The summed E-state index contributed by atoms with van der Waals surface area (Å²) in [6.45, 7) is 5.64. The predicted molar refractivity (Wildman–Crippen MR) is 93.7 cm³/mol. The van der Waals surface area contributed by atoms with Crippen molar-refractivity contribution in [3.8, 4) is 11.1 Å². The Labute approximate surface area is 137 Å². The Balaban J connectivity index is 2.11. The first kappa shape index (κ1) is 16.1. The quantitative estimate of drug-likeness (QED) is 0.850. The normalized spacial score (nSPS) is 21.0. The molecule has 2 unspecified atom stereocenters. The molecule has 1 aliphatic heterocycles. The van der Waals surface area contributed by atoms with E-state index in [4.69, 9.17) is 5.73 Å². The molecule has 2 N–H and O–H groups in total. The van der Waals surface area contributed by atoms with Crippen LogP contribution >= 0.6 is 9.24 Å². The summed E-state index contributed by atoms with van der Waals surface area (Å²) >= 11 is 0. The van der Waals surface area contributed by atoms with Gasteiger partial charge in [0.1, 0.15) is 11.6 Å². The van der Waals surface area contributed by atoms with Gasteiger partial charge < -0.3 is 10.6 Å². The fourth-order valence-corrected chi connectivity index (χ4v) is 3.35. The van der Waals surface area contributed by atoms with E-state index in [0.717, 1.165) is 37.3 Å². The van der Waals surface area contributed by atoms with Crippen LogP contribution in [0.1, 0.15) is 19.0 Å². The Morgan fingerprint density at radius 1 is 1.26 bits per heavy atom. The van der Waals surface area contributed by atoms with Crippen LogP contribution in [0.5, 0.6) is 0 Å². The Morgan fingerprint density at radius 3 is 2.65 bits per heavy atom. The lowest BCUT2D eigenvalue weighted by Crippen LogP contribution is -2.26. The minimum Gasteiger partial charge on any atom is -0.395 e. The van der Waals surface area contributed by atoms with Crippen molar-refractivity contribution in [1.29, 1.82) is 0 Å². The van der Waals surface area contributed by atoms with Crippen molar-refractivity contribution in [3.63, 3.8) is 0 Å². The molecule has 3 rings (SSSR count). The maximum atomic E-state index is 14.1. The second kappa shape index (κ2) is 5.72. The van der Waals surface area contributed by atoms with Crippen molar-refractivity contribution in [3.05, 3.63) is 41.6 Å².